The lowest BCUT2D eigenvalue weighted by molar-refractivity contribution is 0.187. The minimum Gasteiger partial charge on any atom is -0.317 e. The van der Waals surface area contributed by atoms with Gasteiger partial charge >= 0.3 is 12.1 Å². The van der Waals surface area contributed by atoms with E-state index < -0.39 is 32.1 Å². The average Bonchev–Trinajstić information content (AvgIpc) is 2.40. The van der Waals surface area contributed by atoms with Gasteiger partial charge in [0.1, 0.15) is 20.0 Å². The summed E-state index contributed by atoms with van der Waals surface area (Å²) in [6.45, 7) is -1.40. The summed E-state index contributed by atoms with van der Waals surface area (Å²) in [6.07, 6.45) is 3.49. The Bertz CT molecular complexity index is 444. The van der Waals surface area contributed by atoms with Gasteiger partial charge in [-0.1, -0.05) is 44.6 Å². The smallest absolute Gasteiger partial charge is 0.317 e. The highest BCUT2D eigenvalue weighted by molar-refractivity contribution is 5.93. The summed E-state index contributed by atoms with van der Waals surface area (Å²) in [6, 6.07) is -1.93. The quantitative estimate of drug-likeness (QED) is 0.548. The summed E-state index contributed by atoms with van der Waals surface area (Å²) in [5.41, 5.74) is 0. The van der Waals surface area contributed by atoms with Gasteiger partial charge in [-0.2, -0.15) is 15.0 Å². The summed E-state index contributed by atoms with van der Waals surface area (Å²) in [5.74, 6) is 0. The molecule has 25 heavy (non-hydrogen) atoms. The molecule has 0 aliphatic heterocycles. The van der Waals surface area contributed by atoms with Crippen molar-refractivity contribution >= 4 is 30.3 Å². The van der Waals surface area contributed by atoms with Gasteiger partial charge < -0.3 is 10.6 Å². The first-order chi connectivity index (χ1) is 9.17. The first-order valence-electron chi connectivity index (χ1n) is 4.61. The minimum absolute atomic E-state index is 0. The Morgan fingerprint density at radius 2 is 1.00 bits per heavy atom. The number of aliphatic imine (C=N–C) groups is 3. The molecule has 0 saturated carbocycles. The molecule has 0 aromatic carbocycles. The molecule has 0 radical (unpaired) electrons. The molecule has 4 amide bonds. The molecule has 2 N–H and O–H groups in total. The molecule has 0 saturated heterocycles. The van der Waals surface area contributed by atoms with Crippen molar-refractivity contribution in [1.29, 1.82) is 0 Å². The molecule has 0 heterocycles. The predicted molar refractivity (Wildman–Crippen MR) is 98.3 cm³/mol. The van der Waals surface area contributed by atoms with Crippen molar-refractivity contribution in [3.05, 3.63) is 0 Å². The van der Waals surface area contributed by atoms with E-state index in [0.717, 1.165) is 6.08 Å². The maximum atomic E-state index is 11.5. The van der Waals surface area contributed by atoms with Crippen LogP contribution in [0.25, 0.3) is 0 Å². The van der Waals surface area contributed by atoms with Crippen LogP contribution >= 0.6 is 0 Å². The van der Waals surface area contributed by atoms with Crippen LogP contribution in [0.4, 0.5) is 9.59 Å². The van der Waals surface area contributed by atoms with Crippen LogP contribution < -0.4 is 10.6 Å². The van der Waals surface area contributed by atoms with E-state index in [1.54, 1.807) is 0 Å². The summed E-state index contributed by atoms with van der Waals surface area (Å²) in [4.78, 5) is 62.0. The van der Waals surface area contributed by atoms with Crippen LogP contribution in [0.5, 0.6) is 0 Å². The van der Waals surface area contributed by atoms with E-state index in [4.69, 9.17) is 0 Å². The Labute approximate surface area is 150 Å². The van der Waals surface area contributed by atoms with Crippen molar-refractivity contribution in [2.75, 3.05) is 20.0 Å². The number of imide groups is 1. The number of isocyanates is 3. The van der Waals surface area contributed by atoms with Crippen LogP contribution in [0.3, 0.4) is 0 Å². The molecule has 0 bridgehead atoms. The molecule has 11 nitrogen and oxygen atoms in total. The number of hydrogen-bond acceptors (Lipinski definition) is 8. The second kappa shape index (κ2) is 29.0. The molecule has 0 aliphatic carbocycles. The Balaban J connectivity index is -0.000000108. The lowest BCUT2D eigenvalue weighted by Gasteiger charge is -2.17. The van der Waals surface area contributed by atoms with E-state index in [-0.39, 0.29) is 44.6 Å². The molecular weight excluding hydrogens is 332 g/mol. The fourth-order valence-electron chi connectivity index (χ4n) is 0.790. The SMILES string of the molecule is C.C.C.C.C.C.O=C=NCNC(=O)N(CN=C=O)C(=O)NCN=C=O. The van der Waals surface area contributed by atoms with E-state index in [9.17, 15) is 24.0 Å². The Morgan fingerprint density at radius 1 is 0.680 bits per heavy atom. The van der Waals surface area contributed by atoms with Gasteiger partial charge in [0.25, 0.3) is 0 Å². The third-order valence-corrected chi connectivity index (χ3v) is 1.51. The van der Waals surface area contributed by atoms with Gasteiger partial charge in [-0.3, -0.25) is 0 Å². The van der Waals surface area contributed by atoms with Gasteiger partial charge in [-0.25, -0.2) is 28.9 Å². The van der Waals surface area contributed by atoms with Crippen LogP contribution in [0.2, 0.25) is 0 Å². The van der Waals surface area contributed by atoms with Crippen LogP contribution in [-0.4, -0.2) is 55.2 Å². The molecule has 11 heteroatoms. The highest BCUT2D eigenvalue weighted by Gasteiger charge is 2.20. The third-order valence-electron chi connectivity index (χ3n) is 1.51. The van der Waals surface area contributed by atoms with Crippen molar-refractivity contribution in [1.82, 2.24) is 15.5 Å². The average molecular weight is 364 g/mol. The van der Waals surface area contributed by atoms with Crippen molar-refractivity contribution in [2.45, 2.75) is 44.6 Å². The normalized spacial score (nSPS) is 6.08. The lowest BCUT2D eigenvalue weighted by Crippen LogP contribution is -2.48. The monoisotopic (exact) mass is 364 g/mol. The number of urea groups is 2. The number of hydrogen-bond donors (Lipinski definition) is 2. The largest absolute Gasteiger partial charge is 0.328 e. The van der Waals surface area contributed by atoms with E-state index >= 15 is 0 Å². The van der Waals surface area contributed by atoms with Gasteiger partial charge in [0.15, 0.2) is 0 Å². The van der Waals surface area contributed by atoms with Crippen LogP contribution in [0.1, 0.15) is 44.6 Å². The van der Waals surface area contributed by atoms with Gasteiger partial charge in [0.2, 0.25) is 18.2 Å². The molecule has 0 rings (SSSR count). The minimum atomic E-state index is -0.967. The van der Waals surface area contributed by atoms with Crippen LogP contribution in [0.15, 0.2) is 15.0 Å². The number of amides is 4. The first kappa shape index (κ1) is 43.1. The Kier molecular flexibility index (Phi) is 49.9. The highest BCUT2D eigenvalue weighted by atomic mass is 16.2. The van der Waals surface area contributed by atoms with Gasteiger partial charge in [-0.15, -0.1) is 0 Å². The Morgan fingerprint density at radius 3 is 1.28 bits per heavy atom. The third kappa shape index (κ3) is 20.9. The summed E-state index contributed by atoms with van der Waals surface area (Å²) in [5, 5.41) is 4.13. The number of rotatable bonds is 6. The molecule has 0 fully saturated rings. The standard InChI is InChI=1S/C8H8N6O5.6CH4/c15-4-9-1-12-7(18)14(3-11-6-17)8(19)13-2-10-5-16;;;;;;/h1-3H2,(H,12,18)(H,13,19);6*1H4. The number of carbonyl (C=O) groups is 2. The molecule has 0 aliphatic rings. The van der Waals surface area contributed by atoms with Crippen molar-refractivity contribution in [3.63, 3.8) is 0 Å². The number of carbonyl (C=O) groups excluding carboxylic acids is 5. The van der Waals surface area contributed by atoms with Crippen molar-refractivity contribution in [3.8, 4) is 0 Å². The predicted octanol–water partition coefficient (Wildman–Crippen LogP) is 2.40. The van der Waals surface area contributed by atoms with E-state index in [1.807, 2.05) is 0 Å². The summed E-state index contributed by atoms with van der Waals surface area (Å²) in [7, 11) is 0. The van der Waals surface area contributed by atoms with Crippen molar-refractivity contribution in [2.24, 2.45) is 15.0 Å². The lowest BCUT2D eigenvalue weighted by atomic mass is 10.7. The fourth-order valence-corrected chi connectivity index (χ4v) is 0.790. The number of nitrogens with one attached hydrogen (secondary N) is 2. The zero-order chi connectivity index (χ0) is 14.5. The second-order valence-corrected chi connectivity index (χ2v) is 2.60. The molecule has 0 aromatic rings. The zero-order valence-electron chi connectivity index (χ0n) is 9.45. The molecule has 0 aromatic heterocycles. The Hall–Kier alpha value is -3.12. The zero-order valence-corrected chi connectivity index (χ0v) is 9.45. The topological polar surface area (TPSA) is 150 Å². The molecule has 148 valence electrons. The fraction of sp³-hybridized carbons (Fsp3) is 0.643. The van der Waals surface area contributed by atoms with E-state index in [1.165, 1.54) is 12.2 Å². The molecule has 0 unspecified atom stereocenters. The maximum absolute atomic E-state index is 11.5. The van der Waals surface area contributed by atoms with Gasteiger partial charge in [0.05, 0.1) is 0 Å². The highest BCUT2D eigenvalue weighted by Crippen LogP contribution is 1.92. The van der Waals surface area contributed by atoms with Gasteiger partial charge in [0, 0.05) is 0 Å². The van der Waals surface area contributed by atoms with Crippen molar-refractivity contribution < 1.29 is 24.0 Å². The summed E-state index contributed by atoms with van der Waals surface area (Å²) < 4.78 is 0. The molecular formula is C14H32N6O5. The van der Waals surface area contributed by atoms with Crippen LogP contribution in [-0.2, 0) is 14.4 Å². The van der Waals surface area contributed by atoms with E-state index in [2.05, 4.69) is 25.6 Å². The second-order valence-electron chi connectivity index (χ2n) is 2.60. The molecule has 0 spiro atoms. The molecule has 0 atom stereocenters. The van der Waals surface area contributed by atoms with Crippen LogP contribution in [0, 0.1) is 0 Å². The van der Waals surface area contributed by atoms with Gasteiger partial charge in [-0.05, 0) is 0 Å². The number of nitrogens with zero attached hydrogens (tertiary/aromatic N) is 4. The first-order valence-corrected chi connectivity index (χ1v) is 4.61. The summed E-state index contributed by atoms with van der Waals surface area (Å²) >= 11 is 0. The maximum Gasteiger partial charge on any atom is 0.328 e. The van der Waals surface area contributed by atoms with E-state index in [0.29, 0.717) is 4.90 Å².